The van der Waals surface area contributed by atoms with Crippen molar-refractivity contribution in [1.29, 1.82) is 0 Å². The predicted molar refractivity (Wildman–Crippen MR) is 56.0 cm³/mol. The number of rotatable bonds is 2. The molecule has 2 heterocycles. The van der Waals surface area contributed by atoms with Crippen LogP contribution in [0.15, 0.2) is 0 Å². The maximum Gasteiger partial charge on any atom is 0.234 e. The first-order valence-corrected chi connectivity index (χ1v) is 5.67. The van der Waals surface area contributed by atoms with E-state index in [-0.39, 0.29) is 23.7 Å². The molecule has 4 nitrogen and oxygen atoms in total. The first-order chi connectivity index (χ1) is 7.11. The van der Waals surface area contributed by atoms with E-state index in [1.165, 1.54) is 4.90 Å². The molecule has 0 unspecified atom stereocenters. The summed E-state index contributed by atoms with van der Waals surface area (Å²) in [4.78, 5) is 25.4. The van der Waals surface area contributed by atoms with Gasteiger partial charge in [-0.3, -0.25) is 14.5 Å². The molecule has 84 valence electrons. The number of hydrogen-bond acceptors (Lipinski definition) is 3. The number of nitrogens with zero attached hydrogens (tertiary/aromatic N) is 1. The fraction of sp³-hybridized carbons (Fsp3) is 0.818. The Morgan fingerprint density at radius 1 is 1.33 bits per heavy atom. The van der Waals surface area contributed by atoms with Crippen molar-refractivity contribution in [2.45, 2.75) is 20.3 Å². The van der Waals surface area contributed by atoms with Crippen molar-refractivity contribution < 1.29 is 9.59 Å². The van der Waals surface area contributed by atoms with Gasteiger partial charge in [0.15, 0.2) is 0 Å². The van der Waals surface area contributed by atoms with E-state index in [0.717, 1.165) is 13.0 Å². The van der Waals surface area contributed by atoms with E-state index in [9.17, 15) is 9.59 Å². The van der Waals surface area contributed by atoms with Crippen molar-refractivity contribution in [2.24, 2.45) is 17.8 Å². The smallest absolute Gasteiger partial charge is 0.234 e. The maximum absolute atomic E-state index is 12.0. The number of carbonyl (C=O) groups is 2. The van der Waals surface area contributed by atoms with Crippen LogP contribution < -0.4 is 5.32 Å². The highest BCUT2D eigenvalue weighted by Crippen LogP contribution is 2.30. The Bertz CT molecular complexity index is 264. The van der Waals surface area contributed by atoms with E-state index in [0.29, 0.717) is 19.0 Å². The Morgan fingerprint density at radius 2 is 2.00 bits per heavy atom. The van der Waals surface area contributed by atoms with Crippen molar-refractivity contribution in [2.75, 3.05) is 19.6 Å². The molecule has 0 bridgehead atoms. The van der Waals surface area contributed by atoms with Crippen LogP contribution in [0.4, 0.5) is 0 Å². The van der Waals surface area contributed by atoms with E-state index in [2.05, 4.69) is 5.32 Å². The minimum absolute atomic E-state index is 0.0332. The second-order valence-electron chi connectivity index (χ2n) is 4.89. The van der Waals surface area contributed by atoms with E-state index in [4.69, 9.17) is 0 Å². The van der Waals surface area contributed by atoms with Crippen LogP contribution in [-0.4, -0.2) is 36.3 Å². The second kappa shape index (κ2) is 3.93. The van der Waals surface area contributed by atoms with Crippen LogP contribution in [0.25, 0.3) is 0 Å². The van der Waals surface area contributed by atoms with Gasteiger partial charge in [-0.1, -0.05) is 13.8 Å². The van der Waals surface area contributed by atoms with Gasteiger partial charge in [0.25, 0.3) is 0 Å². The Morgan fingerprint density at radius 3 is 2.60 bits per heavy atom. The highest BCUT2D eigenvalue weighted by molar-refractivity contribution is 6.05. The normalized spacial score (nSPS) is 31.3. The summed E-state index contributed by atoms with van der Waals surface area (Å²) in [5, 5.41) is 3.18. The van der Waals surface area contributed by atoms with Gasteiger partial charge in [-0.15, -0.1) is 0 Å². The molecule has 15 heavy (non-hydrogen) atoms. The highest BCUT2D eigenvalue weighted by Gasteiger charge is 2.47. The first-order valence-electron chi connectivity index (χ1n) is 5.67. The summed E-state index contributed by atoms with van der Waals surface area (Å²) < 4.78 is 0. The van der Waals surface area contributed by atoms with Crippen LogP contribution in [0.3, 0.4) is 0 Å². The number of likely N-dealkylation sites (tertiary alicyclic amines) is 1. The maximum atomic E-state index is 12.0. The van der Waals surface area contributed by atoms with E-state index in [1.54, 1.807) is 0 Å². The monoisotopic (exact) mass is 210 g/mol. The van der Waals surface area contributed by atoms with Gasteiger partial charge in [-0.05, 0) is 18.9 Å². The fourth-order valence-corrected chi connectivity index (χ4v) is 2.47. The van der Waals surface area contributed by atoms with Crippen LogP contribution in [0.2, 0.25) is 0 Å². The van der Waals surface area contributed by atoms with E-state index >= 15 is 0 Å². The zero-order valence-corrected chi connectivity index (χ0v) is 9.32. The summed E-state index contributed by atoms with van der Waals surface area (Å²) >= 11 is 0. The Kier molecular flexibility index (Phi) is 2.78. The van der Waals surface area contributed by atoms with Crippen LogP contribution in [0.5, 0.6) is 0 Å². The van der Waals surface area contributed by atoms with E-state index < -0.39 is 0 Å². The topological polar surface area (TPSA) is 49.4 Å². The molecule has 2 aliphatic rings. The summed E-state index contributed by atoms with van der Waals surface area (Å²) in [5.41, 5.74) is 0. The van der Waals surface area contributed by atoms with Gasteiger partial charge in [0.1, 0.15) is 0 Å². The lowest BCUT2D eigenvalue weighted by Crippen LogP contribution is -2.38. The summed E-state index contributed by atoms with van der Waals surface area (Å²) in [6, 6.07) is 0. The minimum atomic E-state index is -0.0926. The third-order valence-electron chi connectivity index (χ3n) is 3.20. The quantitative estimate of drug-likeness (QED) is 0.664. The van der Waals surface area contributed by atoms with Gasteiger partial charge in [0.2, 0.25) is 11.8 Å². The lowest BCUT2D eigenvalue weighted by atomic mass is 9.89. The largest absolute Gasteiger partial charge is 0.316 e. The summed E-state index contributed by atoms with van der Waals surface area (Å²) in [6.45, 7) is 6.16. The molecule has 0 radical (unpaired) electrons. The lowest BCUT2D eigenvalue weighted by Gasteiger charge is -2.21. The SMILES string of the molecule is CC(C)CN1C(=O)[C@@H]2CCNC[C@H]2C1=O. The van der Waals surface area contributed by atoms with Crippen molar-refractivity contribution in [3.63, 3.8) is 0 Å². The Balaban J connectivity index is 2.14. The Hall–Kier alpha value is -0.900. The van der Waals surface area contributed by atoms with Gasteiger partial charge < -0.3 is 5.32 Å². The zero-order valence-electron chi connectivity index (χ0n) is 9.32. The molecular weight excluding hydrogens is 192 g/mol. The number of carbonyl (C=O) groups excluding carboxylic acids is 2. The Labute approximate surface area is 90.0 Å². The zero-order chi connectivity index (χ0) is 11.0. The average Bonchev–Trinajstić information content (AvgIpc) is 2.44. The predicted octanol–water partition coefficient (Wildman–Crippen LogP) is 0.237. The number of amides is 2. The molecule has 1 N–H and O–H groups in total. The highest BCUT2D eigenvalue weighted by atomic mass is 16.2. The molecule has 4 heteroatoms. The first kappa shape index (κ1) is 10.6. The standard InChI is InChI=1S/C11H18N2O2/c1-7(2)6-13-10(14)8-3-4-12-5-9(8)11(13)15/h7-9,12H,3-6H2,1-2H3/t8-,9-/m1/s1. The molecule has 2 saturated heterocycles. The molecule has 0 aliphatic carbocycles. The minimum Gasteiger partial charge on any atom is -0.316 e. The molecule has 0 aromatic heterocycles. The van der Waals surface area contributed by atoms with Crippen molar-refractivity contribution >= 4 is 11.8 Å². The summed E-state index contributed by atoms with van der Waals surface area (Å²) in [6.07, 6.45) is 0.809. The van der Waals surface area contributed by atoms with Gasteiger partial charge in [-0.2, -0.15) is 0 Å². The second-order valence-corrected chi connectivity index (χ2v) is 4.89. The number of piperidine rings is 1. The average molecular weight is 210 g/mol. The molecule has 2 atom stereocenters. The van der Waals surface area contributed by atoms with Gasteiger partial charge in [0, 0.05) is 13.1 Å². The van der Waals surface area contributed by atoms with Crippen LogP contribution in [-0.2, 0) is 9.59 Å². The number of hydrogen-bond donors (Lipinski definition) is 1. The molecule has 0 saturated carbocycles. The van der Waals surface area contributed by atoms with Crippen molar-refractivity contribution in [1.82, 2.24) is 10.2 Å². The third-order valence-corrected chi connectivity index (χ3v) is 3.20. The molecule has 2 rings (SSSR count). The van der Waals surface area contributed by atoms with Crippen molar-refractivity contribution in [3.05, 3.63) is 0 Å². The van der Waals surface area contributed by atoms with E-state index in [1.807, 2.05) is 13.8 Å². The number of fused-ring (bicyclic) bond motifs is 1. The lowest BCUT2D eigenvalue weighted by molar-refractivity contribution is -0.140. The molecule has 0 aromatic carbocycles. The molecule has 0 aromatic rings. The van der Waals surface area contributed by atoms with Crippen molar-refractivity contribution in [3.8, 4) is 0 Å². The number of nitrogens with one attached hydrogen (secondary N) is 1. The van der Waals surface area contributed by atoms with Gasteiger partial charge >= 0.3 is 0 Å². The van der Waals surface area contributed by atoms with Crippen LogP contribution in [0.1, 0.15) is 20.3 Å². The van der Waals surface area contributed by atoms with Gasteiger partial charge in [-0.25, -0.2) is 0 Å². The molecular formula is C11H18N2O2. The molecule has 2 amide bonds. The molecule has 2 fully saturated rings. The summed E-state index contributed by atoms with van der Waals surface area (Å²) in [5.74, 6) is 0.305. The van der Waals surface area contributed by atoms with Crippen LogP contribution in [0, 0.1) is 17.8 Å². The summed E-state index contributed by atoms with van der Waals surface area (Å²) in [7, 11) is 0. The molecule has 2 aliphatic heterocycles. The fourth-order valence-electron chi connectivity index (χ4n) is 2.47. The van der Waals surface area contributed by atoms with Gasteiger partial charge in [0.05, 0.1) is 11.8 Å². The number of imide groups is 1. The van der Waals surface area contributed by atoms with Crippen LogP contribution >= 0.6 is 0 Å². The third kappa shape index (κ3) is 1.78. The molecule has 0 spiro atoms.